The van der Waals surface area contributed by atoms with Gasteiger partial charge in [-0.3, -0.25) is 0 Å². The predicted octanol–water partition coefficient (Wildman–Crippen LogP) is -1.35. The molecule has 5 heteroatoms. The molecule has 0 aromatic heterocycles. The first-order valence-corrected chi connectivity index (χ1v) is 3.28. The second kappa shape index (κ2) is 6.01. The molecule has 0 bridgehead atoms. The van der Waals surface area contributed by atoms with Crippen LogP contribution in [-0.2, 0) is 0 Å². The van der Waals surface area contributed by atoms with Gasteiger partial charge in [-0.15, -0.1) is 0 Å². The standard InChI is InChI=1S/C6H15NO3.Li.H/c1-4(8)7(5(2)9)6(3)10;;/h4-6,8-10H,1-3H3;;. The summed E-state index contributed by atoms with van der Waals surface area (Å²) in [6, 6.07) is 0. The van der Waals surface area contributed by atoms with Crippen LogP contribution in [0.15, 0.2) is 0 Å². The van der Waals surface area contributed by atoms with Gasteiger partial charge in [0.15, 0.2) is 0 Å². The van der Waals surface area contributed by atoms with Gasteiger partial charge < -0.3 is 15.3 Å². The van der Waals surface area contributed by atoms with E-state index in [1.54, 1.807) is 0 Å². The average molecular weight is 157 g/mol. The molecule has 3 unspecified atom stereocenters. The van der Waals surface area contributed by atoms with Gasteiger partial charge in [0.25, 0.3) is 0 Å². The minimum absolute atomic E-state index is 0. The number of nitrogens with zero attached hydrogens (tertiary/aromatic N) is 1. The van der Waals surface area contributed by atoms with E-state index in [0.29, 0.717) is 0 Å². The molecule has 64 valence electrons. The zero-order valence-corrected chi connectivity index (χ0v) is 6.52. The van der Waals surface area contributed by atoms with E-state index in [4.69, 9.17) is 15.3 Å². The van der Waals surface area contributed by atoms with E-state index in [1.165, 1.54) is 25.7 Å². The molecule has 0 aromatic rings. The van der Waals surface area contributed by atoms with E-state index in [-0.39, 0.29) is 18.9 Å². The Morgan fingerprint density at radius 2 is 1.00 bits per heavy atom. The zero-order chi connectivity index (χ0) is 8.31. The summed E-state index contributed by atoms with van der Waals surface area (Å²) in [5, 5.41) is 26.9. The van der Waals surface area contributed by atoms with Crippen molar-refractivity contribution in [2.45, 2.75) is 39.5 Å². The molecule has 0 aliphatic heterocycles. The Kier molecular flexibility index (Phi) is 7.64. The molecule has 11 heavy (non-hydrogen) atoms. The van der Waals surface area contributed by atoms with E-state index < -0.39 is 18.7 Å². The van der Waals surface area contributed by atoms with Gasteiger partial charge in [-0.05, 0) is 20.8 Å². The van der Waals surface area contributed by atoms with Gasteiger partial charge in [0.2, 0.25) is 0 Å². The summed E-state index contributed by atoms with van der Waals surface area (Å²) in [7, 11) is 0. The molecule has 0 aliphatic carbocycles. The Morgan fingerprint density at radius 1 is 0.818 bits per heavy atom. The molecule has 0 rings (SSSR count). The Morgan fingerprint density at radius 3 is 1.00 bits per heavy atom. The van der Waals surface area contributed by atoms with Gasteiger partial charge in [0, 0.05) is 0 Å². The first-order valence-electron chi connectivity index (χ1n) is 3.28. The van der Waals surface area contributed by atoms with Crippen molar-refractivity contribution in [1.29, 1.82) is 0 Å². The Balaban J connectivity index is 0. The van der Waals surface area contributed by atoms with Crippen LogP contribution in [-0.4, -0.2) is 57.8 Å². The van der Waals surface area contributed by atoms with Crippen molar-refractivity contribution in [2.24, 2.45) is 0 Å². The third kappa shape index (κ3) is 4.80. The molecule has 3 atom stereocenters. The van der Waals surface area contributed by atoms with Crippen LogP contribution < -0.4 is 0 Å². The third-order valence-electron chi connectivity index (χ3n) is 1.29. The second-order valence-corrected chi connectivity index (χ2v) is 2.34. The van der Waals surface area contributed by atoms with Crippen LogP contribution in [0.1, 0.15) is 20.8 Å². The molecule has 0 saturated carbocycles. The summed E-state index contributed by atoms with van der Waals surface area (Å²) in [4.78, 5) is 1.17. The molecule has 4 nitrogen and oxygen atoms in total. The van der Waals surface area contributed by atoms with Crippen molar-refractivity contribution < 1.29 is 15.3 Å². The van der Waals surface area contributed by atoms with Gasteiger partial charge in [0.05, 0.1) is 0 Å². The SMILES string of the molecule is CC(O)N(C(C)O)C(C)O.[LiH]. The summed E-state index contributed by atoms with van der Waals surface area (Å²) >= 11 is 0. The summed E-state index contributed by atoms with van der Waals surface area (Å²) in [6.45, 7) is 4.46. The normalized spacial score (nSPS) is 18.8. The molecule has 0 heterocycles. The van der Waals surface area contributed by atoms with Gasteiger partial charge in [-0.2, -0.15) is 0 Å². The van der Waals surface area contributed by atoms with Crippen LogP contribution in [0.3, 0.4) is 0 Å². The van der Waals surface area contributed by atoms with Crippen LogP contribution in [0.25, 0.3) is 0 Å². The molecular formula is C6H16LiNO3. The van der Waals surface area contributed by atoms with Crippen LogP contribution in [0.2, 0.25) is 0 Å². The predicted molar refractivity (Wildman–Crippen MR) is 44.0 cm³/mol. The molecule has 0 amide bonds. The zero-order valence-electron chi connectivity index (χ0n) is 6.52. The first-order chi connectivity index (χ1) is 4.46. The van der Waals surface area contributed by atoms with E-state index in [9.17, 15) is 0 Å². The van der Waals surface area contributed by atoms with Crippen molar-refractivity contribution >= 4 is 18.9 Å². The van der Waals surface area contributed by atoms with Crippen molar-refractivity contribution in [3.8, 4) is 0 Å². The molecule has 3 N–H and O–H groups in total. The Bertz CT molecular complexity index is 78.8. The van der Waals surface area contributed by atoms with E-state index in [0.717, 1.165) is 0 Å². The van der Waals surface area contributed by atoms with E-state index >= 15 is 0 Å². The fourth-order valence-electron chi connectivity index (χ4n) is 0.937. The van der Waals surface area contributed by atoms with Crippen molar-refractivity contribution in [3.05, 3.63) is 0 Å². The van der Waals surface area contributed by atoms with Crippen molar-refractivity contribution in [2.75, 3.05) is 0 Å². The van der Waals surface area contributed by atoms with Crippen molar-refractivity contribution in [3.63, 3.8) is 0 Å². The second-order valence-electron chi connectivity index (χ2n) is 2.34. The fourth-order valence-corrected chi connectivity index (χ4v) is 0.937. The number of rotatable bonds is 3. The fraction of sp³-hybridized carbons (Fsp3) is 1.00. The van der Waals surface area contributed by atoms with Crippen LogP contribution >= 0.6 is 0 Å². The molecular weight excluding hydrogens is 141 g/mol. The van der Waals surface area contributed by atoms with Crippen molar-refractivity contribution in [1.82, 2.24) is 4.90 Å². The third-order valence-corrected chi connectivity index (χ3v) is 1.29. The molecule has 0 aliphatic rings. The van der Waals surface area contributed by atoms with Gasteiger partial charge in [-0.25, -0.2) is 4.90 Å². The van der Waals surface area contributed by atoms with Gasteiger partial charge in [0.1, 0.15) is 18.7 Å². The first kappa shape index (κ1) is 14.0. The Hall–Kier alpha value is 0.437. The molecule has 0 radical (unpaired) electrons. The number of aliphatic hydroxyl groups excluding tert-OH is 3. The monoisotopic (exact) mass is 157 g/mol. The quantitative estimate of drug-likeness (QED) is 0.350. The number of hydrogen-bond donors (Lipinski definition) is 3. The molecule has 0 fully saturated rings. The van der Waals surface area contributed by atoms with Crippen LogP contribution in [0, 0.1) is 0 Å². The summed E-state index contributed by atoms with van der Waals surface area (Å²) < 4.78 is 0. The summed E-state index contributed by atoms with van der Waals surface area (Å²) in [5.41, 5.74) is 0. The molecule has 0 aromatic carbocycles. The number of hydrogen-bond acceptors (Lipinski definition) is 4. The summed E-state index contributed by atoms with van der Waals surface area (Å²) in [6.07, 6.45) is -2.50. The number of aliphatic hydroxyl groups is 3. The van der Waals surface area contributed by atoms with Gasteiger partial charge in [-0.1, -0.05) is 0 Å². The molecule has 0 spiro atoms. The van der Waals surface area contributed by atoms with Crippen LogP contribution in [0.4, 0.5) is 0 Å². The summed E-state index contributed by atoms with van der Waals surface area (Å²) in [5.74, 6) is 0. The maximum atomic E-state index is 8.96. The minimum atomic E-state index is -0.833. The van der Waals surface area contributed by atoms with Crippen LogP contribution in [0.5, 0.6) is 0 Å². The van der Waals surface area contributed by atoms with Gasteiger partial charge >= 0.3 is 18.9 Å². The maximum absolute atomic E-state index is 8.96. The topological polar surface area (TPSA) is 63.9 Å². The average Bonchev–Trinajstić information content (AvgIpc) is 1.59. The van der Waals surface area contributed by atoms with E-state index in [1.807, 2.05) is 0 Å². The Labute approximate surface area is 79.0 Å². The molecule has 0 saturated heterocycles. The van der Waals surface area contributed by atoms with E-state index in [2.05, 4.69) is 0 Å².